The first-order valence-electron chi connectivity index (χ1n) is 6.58. The fourth-order valence-electron chi connectivity index (χ4n) is 1.88. The summed E-state index contributed by atoms with van der Waals surface area (Å²) >= 11 is 1.95. The Morgan fingerprint density at radius 3 is 2.59 bits per heavy atom. The third-order valence-corrected chi connectivity index (χ3v) is 3.73. The van der Waals surface area contributed by atoms with Crippen molar-refractivity contribution >= 4 is 11.8 Å². The van der Waals surface area contributed by atoms with Crippen molar-refractivity contribution < 1.29 is 0 Å². The van der Waals surface area contributed by atoms with Crippen LogP contribution in [0.15, 0.2) is 24.3 Å². The van der Waals surface area contributed by atoms with Gasteiger partial charge in [-0.2, -0.15) is 11.8 Å². The number of nitrogens with one attached hydrogen (secondary N) is 1. The molecule has 0 aromatic heterocycles. The monoisotopic (exact) mass is 251 g/mol. The topological polar surface area (TPSA) is 12.0 Å². The summed E-state index contributed by atoms with van der Waals surface area (Å²) < 4.78 is 0. The highest BCUT2D eigenvalue weighted by Crippen LogP contribution is 2.07. The van der Waals surface area contributed by atoms with Gasteiger partial charge in [-0.25, -0.2) is 0 Å². The summed E-state index contributed by atoms with van der Waals surface area (Å²) in [5.74, 6) is 1.32. The van der Waals surface area contributed by atoms with Crippen LogP contribution in [0.2, 0.25) is 0 Å². The number of benzene rings is 1. The maximum absolute atomic E-state index is 3.53. The predicted molar refractivity (Wildman–Crippen MR) is 79.7 cm³/mol. The van der Waals surface area contributed by atoms with Gasteiger partial charge in [-0.05, 0) is 49.4 Å². The smallest absolute Gasteiger partial charge is 0.0208 e. The Kier molecular flexibility index (Phi) is 8.20. The van der Waals surface area contributed by atoms with Crippen molar-refractivity contribution in [1.29, 1.82) is 0 Å². The van der Waals surface area contributed by atoms with E-state index in [1.165, 1.54) is 42.6 Å². The second-order valence-corrected chi connectivity index (χ2v) is 5.50. The summed E-state index contributed by atoms with van der Waals surface area (Å²) in [4.78, 5) is 0. The summed E-state index contributed by atoms with van der Waals surface area (Å²) in [6.45, 7) is 4.34. The molecule has 0 bridgehead atoms. The van der Waals surface area contributed by atoms with E-state index in [1.54, 1.807) is 0 Å². The molecule has 0 aliphatic rings. The number of hydrogen-bond acceptors (Lipinski definition) is 2. The van der Waals surface area contributed by atoms with Gasteiger partial charge in [-0.3, -0.25) is 0 Å². The molecule has 96 valence electrons. The third kappa shape index (κ3) is 6.75. The Labute approximate surface area is 110 Å². The van der Waals surface area contributed by atoms with E-state index in [1.807, 2.05) is 11.8 Å². The summed E-state index contributed by atoms with van der Waals surface area (Å²) in [5, 5.41) is 3.53. The van der Waals surface area contributed by atoms with Crippen LogP contribution < -0.4 is 5.32 Å². The minimum atomic E-state index is 1.01. The van der Waals surface area contributed by atoms with Gasteiger partial charge in [0.15, 0.2) is 0 Å². The fraction of sp³-hybridized carbons (Fsp3) is 0.600. The van der Waals surface area contributed by atoms with Gasteiger partial charge in [0.2, 0.25) is 0 Å². The fourth-order valence-corrected chi connectivity index (χ4v) is 2.37. The zero-order chi connectivity index (χ0) is 12.3. The van der Waals surface area contributed by atoms with E-state index in [0.717, 1.165) is 13.1 Å². The van der Waals surface area contributed by atoms with Crippen molar-refractivity contribution in [3.8, 4) is 0 Å². The minimum Gasteiger partial charge on any atom is -0.313 e. The van der Waals surface area contributed by atoms with E-state index in [-0.39, 0.29) is 0 Å². The molecule has 1 aromatic rings. The van der Waals surface area contributed by atoms with Gasteiger partial charge in [-0.15, -0.1) is 0 Å². The largest absolute Gasteiger partial charge is 0.313 e. The van der Waals surface area contributed by atoms with Crippen molar-refractivity contribution in [3.05, 3.63) is 35.4 Å². The lowest BCUT2D eigenvalue weighted by atomic mass is 10.1. The van der Waals surface area contributed by atoms with Gasteiger partial charge in [0.1, 0.15) is 0 Å². The molecule has 0 saturated heterocycles. The highest BCUT2D eigenvalue weighted by Gasteiger charge is 1.95. The van der Waals surface area contributed by atoms with Gasteiger partial charge >= 0.3 is 0 Å². The lowest BCUT2D eigenvalue weighted by Gasteiger charge is -2.07. The molecule has 0 amide bonds. The van der Waals surface area contributed by atoms with Crippen LogP contribution in [0.1, 0.15) is 36.8 Å². The van der Waals surface area contributed by atoms with Gasteiger partial charge in [0, 0.05) is 6.54 Å². The van der Waals surface area contributed by atoms with Crippen molar-refractivity contribution in [2.45, 2.75) is 39.2 Å². The molecule has 2 heteroatoms. The van der Waals surface area contributed by atoms with Crippen LogP contribution >= 0.6 is 11.8 Å². The third-order valence-electron chi connectivity index (χ3n) is 3.03. The van der Waals surface area contributed by atoms with E-state index in [0.29, 0.717) is 0 Å². The van der Waals surface area contributed by atoms with Crippen LogP contribution in [0.5, 0.6) is 0 Å². The van der Waals surface area contributed by atoms with Gasteiger partial charge < -0.3 is 5.32 Å². The average molecular weight is 251 g/mol. The maximum atomic E-state index is 3.53. The van der Waals surface area contributed by atoms with Gasteiger partial charge in [0.25, 0.3) is 0 Å². The normalized spacial score (nSPS) is 10.7. The molecule has 1 rings (SSSR count). The van der Waals surface area contributed by atoms with E-state index in [4.69, 9.17) is 0 Å². The van der Waals surface area contributed by atoms with Crippen LogP contribution in [-0.4, -0.2) is 18.6 Å². The number of unbranched alkanes of at least 4 members (excludes halogenated alkanes) is 3. The molecule has 0 radical (unpaired) electrons. The molecule has 0 aliphatic carbocycles. The summed E-state index contributed by atoms with van der Waals surface area (Å²) in [7, 11) is 0. The first kappa shape index (κ1) is 14.6. The SMILES string of the molecule is CSCCCCCCNCc1ccccc1C. The van der Waals surface area contributed by atoms with E-state index < -0.39 is 0 Å². The molecule has 0 saturated carbocycles. The van der Waals surface area contributed by atoms with E-state index in [2.05, 4.69) is 42.8 Å². The number of aryl methyl sites for hydroxylation is 1. The molecule has 0 fully saturated rings. The average Bonchev–Trinajstić information content (AvgIpc) is 2.35. The van der Waals surface area contributed by atoms with Crippen molar-refractivity contribution in [2.75, 3.05) is 18.6 Å². The predicted octanol–water partition coefficient (Wildman–Crippen LogP) is 4.01. The van der Waals surface area contributed by atoms with E-state index >= 15 is 0 Å². The highest BCUT2D eigenvalue weighted by molar-refractivity contribution is 7.98. The highest BCUT2D eigenvalue weighted by atomic mass is 32.2. The molecule has 0 atom stereocenters. The number of hydrogen-bond donors (Lipinski definition) is 1. The van der Waals surface area contributed by atoms with Crippen molar-refractivity contribution in [1.82, 2.24) is 5.32 Å². The maximum Gasteiger partial charge on any atom is 0.0208 e. The Bertz CT molecular complexity index is 299. The number of thioether (sulfide) groups is 1. The minimum absolute atomic E-state index is 1.01. The van der Waals surface area contributed by atoms with Crippen LogP contribution in [-0.2, 0) is 6.54 Å². The molecular weight excluding hydrogens is 226 g/mol. The first-order valence-corrected chi connectivity index (χ1v) is 7.98. The summed E-state index contributed by atoms with van der Waals surface area (Å²) in [6.07, 6.45) is 7.61. The quantitative estimate of drug-likeness (QED) is 0.666. The lowest BCUT2D eigenvalue weighted by molar-refractivity contribution is 0.599. The molecular formula is C15H25NS. The standard InChI is InChI=1S/C15H25NS/c1-14-9-5-6-10-15(14)13-16-11-7-3-4-8-12-17-2/h5-6,9-10,16H,3-4,7-8,11-13H2,1-2H3. The van der Waals surface area contributed by atoms with Crippen LogP contribution in [0, 0.1) is 6.92 Å². The van der Waals surface area contributed by atoms with Gasteiger partial charge in [0.05, 0.1) is 0 Å². The van der Waals surface area contributed by atoms with Crippen molar-refractivity contribution in [3.63, 3.8) is 0 Å². The van der Waals surface area contributed by atoms with Crippen molar-refractivity contribution in [2.24, 2.45) is 0 Å². The summed E-state index contributed by atoms with van der Waals surface area (Å²) in [6, 6.07) is 8.61. The first-order chi connectivity index (χ1) is 8.34. The Hall–Kier alpha value is -0.470. The van der Waals surface area contributed by atoms with Crippen LogP contribution in [0.3, 0.4) is 0 Å². The zero-order valence-electron chi connectivity index (χ0n) is 11.2. The molecule has 17 heavy (non-hydrogen) atoms. The number of rotatable bonds is 9. The van der Waals surface area contributed by atoms with E-state index in [9.17, 15) is 0 Å². The second kappa shape index (κ2) is 9.55. The zero-order valence-corrected chi connectivity index (χ0v) is 12.0. The second-order valence-electron chi connectivity index (χ2n) is 4.51. The Morgan fingerprint density at radius 1 is 1.06 bits per heavy atom. The molecule has 0 spiro atoms. The molecule has 1 nitrogen and oxygen atoms in total. The lowest BCUT2D eigenvalue weighted by Crippen LogP contribution is -2.15. The summed E-state index contributed by atoms with van der Waals surface area (Å²) in [5.41, 5.74) is 2.81. The van der Waals surface area contributed by atoms with Crippen LogP contribution in [0.4, 0.5) is 0 Å². The Morgan fingerprint density at radius 2 is 1.82 bits per heavy atom. The molecule has 1 N–H and O–H groups in total. The van der Waals surface area contributed by atoms with Gasteiger partial charge in [-0.1, -0.05) is 37.1 Å². The molecule has 0 aliphatic heterocycles. The molecule has 0 unspecified atom stereocenters. The molecule has 0 heterocycles. The van der Waals surface area contributed by atoms with Crippen LogP contribution in [0.25, 0.3) is 0 Å². The Balaban J connectivity index is 1.99. The molecule has 1 aromatic carbocycles.